The van der Waals surface area contributed by atoms with Crippen LogP contribution in [0.4, 0.5) is 11.4 Å². The number of nitrogens with zero attached hydrogens (tertiary/aromatic N) is 1. The normalized spacial score (nSPS) is 17.9. The first-order valence-electron chi connectivity index (χ1n) is 8.79. The molecule has 2 aliphatic rings. The zero-order valence-corrected chi connectivity index (χ0v) is 14.3. The van der Waals surface area contributed by atoms with E-state index >= 15 is 0 Å². The highest BCUT2D eigenvalue weighted by Crippen LogP contribution is 2.37. The van der Waals surface area contributed by atoms with E-state index in [0.29, 0.717) is 11.3 Å². The Morgan fingerprint density at radius 1 is 1.15 bits per heavy atom. The minimum absolute atomic E-state index is 0.00298. The van der Waals surface area contributed by atoms with Gasteiger partial charge in [0.15, 0.2) is 0 Å². The summed E-state index contributed by atoms with van der Waals surface area (Å²) in [5, 5.41) is 2.90. The van der Waals surface area contributed by atoms with Crippen LogP contribution in [0.15, 0.2) is 48.5 Å². The number of hydrogen-bond donors (Lipinski definition) is 1. The number of fused-ring (bicyclic) bond motifs is 3. The fraction of sp³-hybridized carbons (Fsp3) is 0.300. The first kappa shape index (κ1) is 16.4. The summed E-state index contributed by atoms with van der Waals surface area (Å²) in [5.41, 5.74) is 2.06. The van der Waals surface area contributed by atoms with Crippen LogP contribution in [0.1, 0.15) is 23.2 Å². The lowest BCUT2D eigenvalue weighted by molar-refractivity contribution is -0.117. The monoisotopic (exact) mass is 352 g/mol. The minimum atomic E-state index is -0.428. The van der Waals surface area contributed by atoms with Crippen LogP contribution in [0.3, 0.4) is 0 Å². The molecule has 6 heteroatoms. The molecule has 0 aromatic heterocycles. The van der Waals surface area contributed by atoms with Crippen molar-refractivity contribution in [1.29, 1.82) is 0 Å². The van der Waals surface area contributed by atoms with Gasteiger partial charge in [0.25, 0.3) is 0 Å². The summed E-state index contributed by atoms with van der Waals surface area (Å²) in [6, 6.07) is 14.6. The van der Waals surface area contributed by atoms with Gasteiger partial charge in [-0.05, 0) is 43.2 Å². The van der Waals surface area contributed by atoms with E-state index in [2.05, 4.69) is 10.2 Å². The van der Waals surface area contributed by atoms with Gasteiger partial charge in [-0.15, -0.1) is 0 Å². The summed E-state index contributed by atoms with van der Waals surface area (Å²) in [5.74, 6) is 0.305. The Balaban J connectivity index is 1.37. The van der Waals surface area contributed by atoms with E-state index in [0.717, 1.165) is 30.8 Å². The van der Waals surface area contributed by atoms with Crippen molar-refractivity contribution in [3.63, 3.8) is 0 Å². The van der Waals surface area contributed by atoms with E-state index in [9.17, 15) is 9.59 Å². The molecule has 1 atom stereocenters. The molecule has 1 N–H and O–H groups in total. The molecule has 2 aromatic rings. The van der Waals surface area contributed by atoms with Crippen molar-refractivity contribution in [1.82, 2.24) is 0 Å². The quantitative estimate of drug-likeness (QED) is 0.662. The second kappa shape index (κ2) is 7.07. The molecule has 26 heavy (non-hydrogen) atoms. The van der Waals surface area contributed by atoms with Gasteiger partial charge in [-0.3, -0.25) is 4.79 Å². The van der Waals surface area contributed by atoms with Crippen LogP contribution < -0.4 is 15.0 Å². The zero-order chi connectivity index (χ0) is 17.9. The van der Waals surface area contributed by atoms with E-state index in [1.807, 2.05) is 36.4 Å². The fourth-order valence-electron chi connectivity index (χ4n) is 3.45. The molecule has 2 aromatic carbocycles. The summed E-state index contributed by atoms with van der Waals surface area (Å²) in [6.07, 6.45) is 1.87. The molecule has 0 saturated carbocycles. The molecule has 2 heterocycles. The molecular formula is C20H20N2O4. The van der Waals surface area contributed by atoms with Gasteiger partial charge < -0.3 is 19.7 Å². The van der Waals surface area contributed by atoms with E-state index in [1.165, 1.54) is 0 Å². The standard InChI is InChI=1S/C20H20N2O4/c23-19-18-7-4-10-22(18)17-9-8-14(13-16(17)21-19)20(24)26-12-11-25-15-5-2-1-3-6-15/h1-3,5-6,8-9,13,18H,4,7,10-12H2,(H,21,23)/t18-/m0/s1. The third-order valence-corrected chi connectivity index (χ3v) is 4.68. The lowest BCUT2D eigenvalue weighted by Gasteiger charge is -2.33. The van der Waals surface area contributed by atoms with Crippen molar-refractivity contribution in [3.05, 3.63) is 54.1 Å². The summed E-state index contributed by atoms with van der Waals surface area (Å²) in [6.45, 7) is 1.31. The molecule has 1 amide bonds. The number of rotatable bonds is 5. The number of anilines is 2. The molecule has 6 nitrogen and oxygen atoms in total. The molecule has 0 spiro atoms. The van der Waals surface area contributed by atoms with Crippen LogP contribution in [0, 0.1) is 0 Å². The lowest BCUT2D eigenvalue weighted by Crippen LogP contribution is -2.43. The number of nitrogens with one attached hydrogen (secondary N) is 1. The largest absolute Gasteiger partial charge is 0.490 e. The van der Waals surface area contributed by atoms with Gasteiger partial charge in [-0.2, -0.15) is 0 Å². The predicted molar refractivity (Wildman–Crippen MR) is 97.7 cm³/mol. The number of para-hydroxylation sites is 1. The van der Waals surface area contributed by atoms with Crippen molar-refractivity contribution in [2.45, 2.75) is 18.9 Å². The minimum Gasteiger partial charge on any atom is -0.490 e. The molecule has 2 aliphatic heterocycles. The maximum atomic E-state index is 12.2. The number of amides is 1. The van der Waals surface area contributed by atoms with E-state index in [1.54, 1.807) is 12.1 Å². The van der Waals surface area contributed by atoms with Gasteiger partial charge in [-0.25, -0.2) is 4.79 Å². The van der Waals surface area contributed by atoms with Crippen LogP contribution in [0.2, 0.25) is 0 Å². The second-order valence-electron chi connectivity index (χ2n) is 6.37. The first-order chi connectivity index (χ1) is 12.7. The van der Waals surface area contributed by atoms with E-state index < -0.39 is 5.97 Å². The van der Waals surface area contributed by atoms with Crippen molar-refractivity contribution in [2.24, 2.45) is 0 Å². The Morgan fingerprint density at radius 3 is 2.85 bits per heavy atom. The fourth-order valence-corrected chi connectivity index (χ4v) is 3.45. The lowest BCUT2D eigenvalue weighted by atomic mass is 10.1. The number of carbonyl (C=O) groups excluding carboxylic acids is 2. The first-order valence-corrected chi connectivity index (χ1v) is 8.79. The van der Waals surface area contributed by atoms with Gasteiger partial charge in [0.05, 0.1) is 16.9 Å². The van der Waals surface area contributed by atoms with Crippen LogP contribution in [0.25, 0.3) is 0 Å². The number of hydrogen-bond acceptors (Lipinski definition) is 5. The maximum absolute atomic E-state index is 12.2. The SMILES string of the molecule is O=C(OCCOc1ccccc1)c1ccc2c(c1)NC(=O)[C@@H]1CCCN21. The van der Waals surface area contributed by atoms with Gasteiger partial charge in [0.2, 0.25) is 5.91 Å². The molecule has 0 aliphatic carbocycles. The van der Waals surface area contributed by atoms with Gasteiger partial charge in [0, 0.05) is 6.54 Å². The highest BCUT2D eigenvalue weighted by Gasteiger charge is 2.36. The van der Waals surface area contributed by atoms with E-state index in [4.69, 9.17) is 9.47 Å². The molecule has 0 bridgehead atoms. The van der Waals surface area contributed by atoms with Crippen LogP contribution >= 0.6 is 0 Å². The third kappa shape index (κ3) is 3.22. The van der Waals surface area contributed by atoms with Crippen LogP contribution in [0.5, 0.6) is 5.75 Å². The Morgan fingerprint density at radius 2 is 2.00 bits per heavy atom. The Labute approximate surface area is 151 Å². The van der Waals surface area contributed by atoms with Crippen molar-refractivity contribution in [2.75, 3.05) is 30.0 Å². The number of carbonyl (C=O) groups is 2. The Kier molecular flexibility index (Phi) is 4.48. The Bertz CT molecular complexity index is 822. The number of benzene rings is 2. The summed E-state index contributed by atoms with van der Waals surface area (Å²) in [7, 11) is 0. The van der Waals surface area contributed by atoms with E-state index in [-0.39, 0.29) is 25.2 Å². The van der Waals surface area contributed by atoms with Crippen molar-refractivity contribution < 1.29 is 19.1 Å². The van der Waals surface area contributed by atoms with Gasteiger partial charge >= 0.3 is 5.97 Å². The molecule has 1 fully saturated rings. The van der Waals surface area contributed by atoms with Crippen molar-refractivity contribution >= 4 is 23.3 Å². The second-order valence-corrected chi connectivity index (χ2v) is 6.37. The molecule has 0 radical (unpaired) electrons. The smallest absolute Gasteiger partial charge is 0.338 e. The predicted octanol–water partition coefficient (Wildman–Crippen LogP) is 2.84. The maximum Gasteiger partial charge on any atom is 0.338 e. The molecular weight excluding hydrogens is 332 g/mol. The van der Waals surface area contributed by atoms with Crippen LogP contribution in [-0.2, 0) is 9.53 Å². The summed E-state index contributed by atoms with van der Waals surface area (Å²) < 4.78 is 10.8. The number of esters is 1. The van der Waals surface area contributed by atoms with Crippen molar-refractivity contribution in [3.8, 4) is 5.75 Å². The average molecular weight is 352 g/mol. The summed E-state index contributed by atoms with van der Waals surface area (Å²) in [4.78, 5) is 26.5. The highest BCUT2D eigenvalue weighted by molar-refractivity contribution is 6.05. The summed E-state index contributed by atoms with van der Waals surface area (Å²) >= 11 is 0. The number of ether oxygens (including phenoxy) is 2. The molecule has 134 valence electrons. The zero-order valence-electron chi connectivity index (χ0n) is 14.3. The highest BCUT2D eigenvalue weighted by atomic mass is 16.6. The molecule has 0 unspecified atom stereocenters. The van der Waals surface area contributed by atoms with Gasteiger partial charge in [0.1, 0.15) is 25.0 Å². The van der Waals surface area contributed by atoms with Crippen LogP contribution in [-0.4, -0.2) is 37.7 Å². The topological polar surface area (TPSA) is 67.9 Å². The third-order valence-electron chi connectivity index (χ3n) is 4.68. The Hall–Kier alpha value is -3.02. The molecule has 4 rings (SSSR count). The molecule has 1 saturated heterocycles. The average Bonchev–Trinajstić information content (AvgIpc) is 3.16. The van der Waals surface area contributed by atoms with Gasteiger partial charge in [-0.1, -0.05) is 18.2 Å².